The molecule has 1 aromatic carbocycles. The molecule has 4 rings (SSSR count). The van der Waals surface area contributed by atoms with Crippen molar-refractivity contribution in [2.45, 2.75) is 52.0 Å². The maximum Gasteiger partial charge on any atom is 0.338 e. The third-order valence-corrected chi connectivity index (χ3v) is 7.49. The highest BCUT2D eigenvalue weighted by Gasteiger charge is 2.29. The van der Waals surface area contributed by atoms with Gasteiger partial charge >= 0.3 is 5.97 Å². The van der Waals surface area contributed by atoms with Gasteiger partial charge in [-0.05, 0) is 64.8 Å². The molecule has 1 aromatic heterocycles. The molecule has 166 valence electrons. The van der Waals surface area contributed by atoms with Crippen LogP contribution < -0.4 is 0 Å². The van der Waals surface area contributed by atoms with Gasteiger partial charge in [-0.15, -0.1) is 11.3 Å². The standard InChI is InChI=1S/C24H31N3O3S/c1-3-30-24(29)19-9-7-18(8-10-19)22-25-17(2)21(31-22)23(28)27-15-11-20(12-16-27)26-13-5-4-6-14-26/h7-10,20H,3-6,11-16H2,1-2H3. The van der Waals surface area contributed by atoms with Crippen LogP contribution in [0.5, 0.6) is 0 Å². The summed E-state index contributed by atoms with van der Waals surface area (Å²) in [5, 5.41) is 0.805. The molecule has 0 aliphatic carbocycles. The fourth-order valence-corrected chi connectivity index (χ4v) is 5.58. The van der Waals surface area contributed by atoms with Crippen LogP contribution in [0.2, 0.25) is 0 Å². The number of likely N-dealkylation sites (tertiary alicyclic amines) is 2. The first-order valence-corrected chi connectivity index (χ1v) is 12.2. The molecule has 0 spiro atoms. The Bertz CT molecular complexity index is 911. The van der Waals surface area contributed by atoms with Gasteiger partial charge in [-0.1, -0.05) is 18.6 Å². The van der Waals surface area contributed by atoms with Crippen molar-refractivity contribution in [2.75, 3.05) is 32.8 Å². The molecule has 31 heavy (non-hydrogen) atoms. The van der Waals surface area contributed by atoms with Gasteiger partial charge in [0.2, 0.25) is 0 Å². The minimum atomic E-state index is -0.326. The zero-order valence-electron chi connectivity index (χ0n) is 18.4. The van der Waals surface area contributed by atoms with Crippen molar-refractivity contribution in [3.05, 3.63) is 40.4 Å². The lowest BCUT2D eigenvalue weighted by Crippen LogP contribution is -2.48. The second-order valence-corrected chi connectivity index (χ2v) is 9.35. The number of amides is 1. The number of hydrogen-bond acceptors (Lipinski definition) is 6. The summed E-state index contributed by atoms with van der Waals surface area (Å²) in [7, 11) is 0. The molecule has 6 nitrogen and oxygen atoms in total. The molecular weight excluding hydrogens is 410 g/mol. The predicted molar refractivity (Wildman–Crippen MR) is 123 cm³/mol. The summed E-state index contributed by atoms with van der Waals surface area (Å²) >= 11 is 1.44. The molecule has 0 radical (unpaired) electrons. The molecule has 2 saturated heterocycles. The van der Waals surface area contributed by atoms with Crippen molar-refractivity contribution in [1.29, 1.82) is 0 Å². The molecule has 0 unspecified atom stereocenters. The lowest BCUT2D eigenvalue weighted by Gasteiger charge is -2.40. The highest BCUT2D eigenvalue weighted by atomic mass is 32.1. The molecule has 2 fully saturated rings. The number of esters is 1. The van der Waals surface area contributed by atoms with Gasteiger partial charge in [-0.2, -0.15) is 0 Å². The number of aryl methyl sites for hydroxylation is 1. The number of thiazole rings is 1. The topological polar surface area (TPSA) is 62.7 Å². The van der Waals surface area contributed by atoms with E-state index < -0.39 is 0 Å². The highest BCUT2D eigenvalue weighted by molar-refractivity contribution is 7.17. The average Bonchev–Trinajstić information content (AvgIpc) is 3.21. The Morgan fingerprint density at radius 1 is 1.06 bits per heavy atom. The monoisotopic (exact) mass is 441 g/mol. The first kappa shape index (κ1) is 22.0. The van der Waals surface area contributed by atoms with E-state index in [1.54, 1.807) is 19.1 Å². The van der Waals surface area contributed by atoms with Crippen molar-refractivity contribution in [1.82, 2.24) is 14.8 Å². The van der Waals surface area contributed by atoms with E-state index >= 15 is 0 Å². The number of carbonyl (C=O) groups excluding carboxylic acids is 2. The van der Waals surface area contributed by atoms with Crippen LogP contribution in [-0.4, -0.2) is 65.5 Å². The Morgan fingerprint density at radius 3 is 2.39 bits per heavy atom. The summed E-state index contributed by atoms with van der Waals surface area (Å²) in [6.45, 7) is 8.12. The van der Waals surface area contributed by atoms with Crippen LogP contribution >= 0.6 is 11.3 Å². The number of hydrogen-bond donors (Lipinski definition) is 0. The van der Waals surface area contributed by atoms with Gasteiger partial charge in [0, 0.05) is 24.7 Å². The average molecular weight is 442 g/mol. The summed E-state index contributed by atoms with van der Waals surface area (Å²) in [5.41, 5.74) is 2.20. The molecule has 2 aliphatic rings. The van der Waals surface area contributed by atoms with E-state index in [1.165, 1.54) is 43.7 Å². The van der Waals surface area contributed by atoms with Crippen LogP contribution in [0.3, 0.4) is 0 Å². The lowest BCUT2D eigenvalue weighted by atomic mass is 10.00. The minimum Gasteiger partial charge on any atom is -0.462 e. The van der Waals surface area contributed by atoms with E-state index in [0.717, 1.165) is 47.1 Å². The van der Waals surface area contributed by atoms with Crippen molar-refractivity contribution in [3.63, 3.8) is 0 Å². The first-order valence-electron chi connectivity index (χ1n) is 11.3. The van der Waals surface area contributed by atoms with Crippen molar-refractivity contribution in [3.8, 4) is 10.6 Å². The summed E-state index contributed by atoms with van der Waals surface area (Å²) in [6, 6.07) is 7.85. The van der Waals surface area contributed by atoms with Crippen molar-refractivity contribution in [2.24, 2.45) is 0 Å². The third kappa shape index (κ3) is 4.99. The Labute approximate surface area is 188 Å². The smallest absolute Gasteiger partial charge is 0.338 e. The van der Waals surface area contributed by atoms with Gasteiger partial charge < -0.3 is 14.5 Å². The zero-order valence-corrected chi connectivity index (χ0v) is 19.2. The summed E-state index contributed by atoms with van der Waals surface area (Å²) in [4.78, 5) is 35.0. The predicted octanol–water partition coefficient (Wildman–Crippen LogP) is 4.39. The van der Waals surface area contributed by atoms with Gasteiger partial charge in [0.05, 0.1) is 17.9 Å². The Balaban J connectivity index is 1.40. The maximum atomic E-state index is 13.2. The van der Waals surface area contributed by atoms with E-state index in [1.807, 2.05) is 24.0 Å². The summed E-state index contributed by atoms with van der Waals surface area (Å²) < 4.78 is 5.04. The molecule has 2 aromatic rings. The number of aromatic nitrogens is 1. The quantitative estimate of drug-likeness (QED) is 0.644. The van der Waals surface area contributed by atoms with Gasteiger partial charge in [0.15, 0.2) is 0 Å². The molecule has 0 atom stereocenters. The molecule has 0 N–H and O–H groups in total. The number of ether oxygens (including phenoxy) is 1. The summed E-state index contributed by atoms with van der Waals surface area (Å²) in [6.07, 6.45) is 6.09. The fourth-order valence-electron chi connectivity index (χ4n) is 4.54. The van der Waals surface area contributed by atoms with Gasteiger partial charge in [-0.25, -0.2) is 9.78 Å². The van der Waals surface area contributed by atoms with E-state index in [2.05, 4.69) is 9.88 Å². The van der Waals surface area contributed by atoms with Gasteiger partial charge in [0.25, 0.3) is 5.91 Å². The lowest BCUT2D eigenvalue weighted by molar-refractivity contribution is 0.0525. The van der Waals surface area contributed by atoms with E-state index in [9.17, 15) is 9.59 Å². The van der Waals surface area contributed by atoms with Gasteiger partial charge in [-0.3, -0.25) is 4.79 Å². The molecule has 2 aliphatic heterocycles. The van der Waals surface area contributed by atoms with E-state index in [4.69, 9.17) is 4.74 Å². The number of rotatable bonds is 5. The number of carbonyl (C=O) groups is 2. The second kappa shape index (κ2) is 9.92. The van der Waals surface area contributed by atoms with Crippen LogP contribution in [0.25, 0.3) is 10.6 Å². The molecule has 3 heterocycles. The largest absolute Gasteiger partial charge is 0.462 e. The number of nitrogens with zero attached hydrogens (tertiary/aromatic N) is 3. The number of piperidine rings is 2. The normalized spacial score (nSPS) is 18.2. The molecule has 0 saturated carbocycles. The van der Waals surface area contributed by atoms with Crippen LogP contribution in [-0.2, 0) is 4.74 Å². The third-order valence-electron chi connectivity index (χ3n) is 6.29. The fraction of sp³-hybridized carbons (Fsp3) is 0.542. The maximum absolute atomic E-state index is 13.2. The van der Waals surface area contributed by atoms with E-state index in [0.29, 0.717) is 18.2 Å². The van der Waals surface area contributed by atoms with E-state index in [-0.39, 0.29) is 11.9 Å². The SMILES string of the molecule is CCOC(=O)c1ccc(-c2nc(C)c(C(=O)N3CCC(N4CCCCC4)CC3)s2)cc1. The van der Waals surface area contributed by atoms with Crippen LogP contribution in [0, 0.1) is 6.92 Å². The first-order chi connectivity index (χ1) is 15.1. The molecule has 7 heteroatoms. The second-order valence-electron chi connectivity index (χ2n) is 8.35. The minimum absolute atomic E-state index is 0.0986. The van der Waals surface area contributed by atoms with Crippen LogP contribution in [0.1, 0.15) is 64.8 Å². The van der Waals surface area contributed by atoms with Gasteiger partial charge in [0.1, 0.15) is 9.88 Å². The Morgan fingerprint density at radius 2 is 1.74 bits per heavy atom. The Kier molecular flexibility index (Phi) is 7.02. The molecular formula is C24H31N3O3S. The molecule has 0 bridgehead atoms. The van der Waals surface area contributed by atoms with Crippen molar-refractivity contribution >= 4 is 23.2 Å². The number of benzene rings is 1. The van der Waals surface area contributed by atoms with Crippen molar-refractivity contribution < 1.29 is 14.3 Å². The molecule has 1 amide bonds. The Hall–Kier alpha value is -2.25. The summed E-state index contributed by atoms with van der Waals surface area (Å²) in [5.74, 6) is -0.227. The van der Waals surface area contributed by atoms with Crippen LogP contribution in [0.15, 0.2) is 24.3 Å². The van der Waals surface area contributed by atoms with Crippen LogP contribution in [0.4, 0.5) is 0 Å². The highest BCUT2D eigenvalue weighted by Crippen LogP contribution is 2.30. The zero-order chi connectivity index (χ0) is 21.8.